The lowest BCUT2D eigenvalue weighted by atomic mass is 9.80. The number of carbonyl (C=O) groups is 2. The molecule has 38 heavy (non-hydrogen) atoms. The number of hydrogen-bond donors (Lipinski definition) is 4. The van der Waals surface area contributed by atoms with E-state index in [0.29, 0.717) is 45.8 Å². The highest BCUT2D eigenvalue weighted by Crippen LogP contribution is 2.44. The van der Waals surface area contributed by atoms with Gasteiger partial charge in [-0.3, -0.25) is 9.59 Å². The molecule has 0 aromatic carbocycles. The van der Waals surface area contributed by atoms with E-state index in [1.807, 2.05) is 9.80 Å². The quantitative estimate of drug-likeness (QED) is 0.362. The van der Waals surface area contributed by atoms with E-state index in [0.717, 1.165) is 63.1 Å². The molecule has 10 nitrogen and oxygen atoms in total. The van der Waals surface area contributed by atoms with E-state index in [1.54, 1.807) is 6.20 Å². The van der Waals surface area contributed by atoms with Crippen LogP contribution in [-0.4, -0.2) is 97.7 Å². The van der Waals surface area contributed by atoms with Crippen LogP contribution in [0.2, 0.25) is 0 Å². The van der Waals surface area contributed by atoms with Crippen molar-refractivity contribution in [1.82, 2.24) is 25.3 Å². The highest BCUT2D eigenvalue weighted by atomic mass is 19.1. The predicted octanol–water partition coefficient (Wildman–Crippen LogP) is 0.423. The second-order valence-electron chi connectivity index (χ2n) is 12.0. The van der Waals surface area contributed by atoms with Gasteiger partial charge in [-0.2, -0.15) is 0 Å². The van der Waals surface area contributed by atoms with E-state index in [4.69, 9.17) is 16.2 Å². The third-order valence-electron chi connectivity index (χ3n) is 9.11. The number of fused-ring (bicyclic) bond motifs is 2. The number of morpholine rings is 1. The maximum absolute atomic E-state index is 14.3. The molecule has 2 bridgehead atoms. The first-order chi connectivity index (χ1) is 18.2. The third kappa shape index (κ3) is 5.85. The summed E-state index contributed by atoms with van der Waals surface area (Å²) in [6.45, 7) is 8.40. The van der Waals surface area contributed by atoms with Crippen LogP contribution in [0, 0.1) is 17.3 Å². The van der Waals surface area contributed by atoms with Crippen molar-refractivity contribution in [1.29, 1.82) is 0 Å². The number of nitrogens with zero attached hydrogens (tertiary/aromatic N) is 3. The topological polar surface area (TPSA) is 129 Å². The molecule has 5 heterocycles. The molecule has 0 aromatic heterocycles. The van der Waals surface area contributed by atoms with Crippen molar-refractivity contribution in [2.75, 3.05) is 59.0 Å². The zero-order valence-corrected chi connectivity index (χ0v) is 22.6. The lowest BCUT2D eigenvalue weighted by Crippen LogP contribution is -2.55. The van der Waals surface area contributed by atoms with Crippen LogP contribution in [-0.2, 0) is 14.3 Å². The first-order valence-corrected chi connectivity index (χ1v) is 14.2. The molecule has 0 aromatic rings. The molecule has 5 rings (SSSR count). The van der Waals surface area contributed by atoms with Gasteiger partial charge in [0.15, 0.2) is 0 Å². The van der Waals surface area contributed by atoms with Gasteiger partial charge in [-0.1, -0.05) is 6.92 Å². The Morgan fingerprint density at radius 1 is 1.18 bits per heavy atom. The Morgan fingerprint density at radius 3 is 2.63 bits per heavy atom. The molecule has 3 fully saturated rings. The van der Waals surface area contributed by atoms with Gasteiger partial charge in [0, 0.05) is 82.5 Å². The summed E-state index contributed by atoms with van der Waals surface area (Å²) < 4.78 is 19.7. The first kappa shape index (κ1) is 27.4. The number of rotatable bonds is 6. The summed E-state index contributed by atoms with van der Waals surface area (Å²) in [5.74, 6) is -0.736. The van der Waals surface area contributed by atoms with Crippen molar-refractivity contribution < 1.29 is 18.7 Å². The van der Waals surface area contributed by atoms with Gasteiger partial charge in [0.05, 0.1) is 31.0 Å². The number of piperidine rings is 1. The van der Waals surface area contributed by atoms with Crippen LogP contribution < -0.4 is 22.1 Å². The van der Waals surface area contributed by atoms with Gasteiger partial charge in [-0.05, 0) is 31.1 Å². The Labute approximate surface area is 224 Å². The molecule has 3 atom stereocenters. The number of halogens is 1. The summed E-state index contributed by atoms with van der Waals surface area (Å²) >= 11 is 0. The summed E-state index contributed by atoms with van der Waals surface area (Å²) in [5, 5.41) is 6.55. The molecule has 0 aliphatic carbocycles. The van der Waals surface area contributed by atoms with E-state index in [2.05, 4.69) is 22.5 Å². The number of ether oxygens (including phenoxy) is 1. The Kier molecular flexibility index (Phi) is 8.27. The van der Waals surface area contributed by atoms with Crippen LogP contribution in [0.1, 0.15) is 45.4 Å². The van der Waals surface area contributed by atoms with Crippen LogP contribution in [0.4, 0.5) is 4.39 Å². The second kappa shape index (κ2) is 11.5. The Hall–Kier alpha value is -2.21. The van der Waals surface area contributed by atoms with Crippen LogP contribution in [0.25, 0.3) is 0 Å². The molecule has 0 spiro atoms. The monoisotopic (exact) mass is 533 g/mol. The van der Waals surface area contributed by atoms with Crippen LogP contribution in [0.5, 0.6) is 0 Å². The summed E-state index contributed by atoms with van der Waals surface area (Å²) in [6, 6.07) is -0.242. The largest absolute Gasteiger partial charge is 0.378 e. The molecule has 5 aliphatic heterocycles. The smallest absolute Gasteiger partial charge is 0.232 e. The maximum atomic E-state index is 14.3. The average molecular weight is 534 g/mol. The fourth-order valence-corrected chi connectivity index (χ4v) is 6.98. The zero-order valence-electron chi connectivity index (χ0n) is 22.6. The van der Waals surface area contributed by atoms with E-state index in [-0.39, 0.29) is 35.0 Å². The lowest BCUT2D eigenvalue weighted by Gasteiger charge is -2.39. The van der Waals surface area contributed by atoms with Gasteiger partial charge in [0.2, 0.25) is 11.8 Å². The van der Waals surface area contributed by atoms with E-state index >= 15 is 0 Å². The predicted molar refractivity (Wildman–Crippen MR) is 142 cm³/mol. The number of nitrogens with one attached hydrogen (secondary N) is 2. The highest BCUT2D eigenvalue weighted by Gasteiger charge is 2.47. The first-order valence-electron chi connectivity index (χ1n) is 14.2. The van der Waals surface area contributed by atoms with Crippen molar-refractivity contribution in [3.63, 3.8) is 0 Å². The van der Waals surface area contributed by atoms with Crippen molar-refractivity contribution in [3.05, 3.63) is 23.4 Å². The Bertz CT molecular complexity index is 958. The molecule has 11 heteroatoms. The zero-order chi connectivity index (χ0) is 26.9. The molecule has 0 saturated carbocycles. The minimum absolute atomic E-state index is 0.0407. The number of carbonyl (C=O) groups excluding carboxylic acids is 2. The average Bonchev–Trinajstić information content (AvgIpc) is 3.14. The minimum atomic E-state index is -0.858. The van der Waals surface area contributed by atoms with Crippen LogP contribution in [0.15, 0.2) is 23.4 Å². The molecule has 2 unspecified atom stereocenters. The molecule has 2 amide bonds. The van der Waals surface area contributed by atoms with Crippen molar-refractivity contribution in [3.8, 4) is 0 Å². The number of hydrogen-bond acceptors (Lipinski definition) is 8. The third-order valence-corrected chi connectivity index (χ3v) is 9.11. The lowest BCUT2D eigenvalue weighted by molar-refractivity contribution is -0.141. The van der Waals surface area contributed by atoms with Gasteiger partial charge < -0.3 is 41.5 Å². The van der Waals surface area contributed by atoms with Crippen molar-refractivity contribution >= 4 is 11.8 Å². The molecule has 3 saturated heterocycles. The molecule has 5 aliphatic rings. The van der Waals surface area contributed by atoms with Gasteiger partial charge in [0.1, 0.15) is 5.83 Å². The van der Waals surface area contributed by atoms with Gasteiger partial charge in [-0.25, -0.2) is 4.39 Å². The summed E-state index contributed by atoms with van der Waals surface area (Å²) in [6.07, 6.45) is 5.05. The number of nitrogens with two attached hydrogens (primary N) is 2. The summed E-state index contributed by atoms with van der Waals surface area (Å²) in [4.78, 5) is 32.9. The Balaban J connectivity index is 1.26. The van der Waals surface area contributed by atoms with Gasteiger partial charge in [0.25, 0.3) is 0 Å². The molecular weight excluding hydrogens is 489 g/mol. The molecule has 0 radical (unpaired) electrons. The normalized spacial score (nSPS) is 29.9. The SMILES string of the molecule is C[C@]12CCC(F)=CN(C1)C(C(C(=O)NC1=C(N3CCC(C(=O)N4CCOCC4)CC3)CCNC1)C(N)N)C2. The number of allylic oxidation sites excluding steroid dienone is 1. The second-order valence-corrected chi connectivity index (χ2v) is 12.0. The van der Waals surface area contributed by atoms with Crippen molar-refractivity contribution in [2.24, 2.45) is 28.7 Å². The number of amides is 2. The standard InChI is InChI=1S/C27H44FN7O3/c1-27-6-2-19(28)16-35(17-27)22(14-27)23(24(29)30)25(36)32-20-15-31-7-3-21(20)33-8-4-18(5-9-33)26(37)34-10-12-38-13-11-34/h16,18,22-24,31H,2-15,17,29-30H2,1H3,(H,32,36)/t22?,23?,27-/m1/s1. The molecular formula is C27H44FN7O3. The maximum Gasteiger partial charge on any atom is 0.232 e. The Morgan fingerprint density at radius 2 is 1.92 bits per heavy atom. The van der Waals surface area contributed by atoms with Crippen molar-refractivity contribution in [2.45, 2.75) is 57.7 Å². The van der Waals surface area contributed by atoms with Gasteiger partial charge in [-0.15, -0.1) is 0 Å². The van der Waals surface area contributed by atoms with E-state index < -0.39 is 12.1 Å². The van der Waals surface area contributed by atoms with Crippen LogP contribution in [0.3, 0.4) is 0 Å². The fourth-order valence-electron chi connectivity index (χ4n) is 6.98. The molecule has 6 N–H and O–H groups in total. The highest BCUT2D eigenvalue weighted by molar-refractivity contribution is 5.82. The summed E-state index contributed by atoms with van der Waals surface area (Å²) in [5.41, 5.74) is 14.3. The van der Waals surface area contributed by atoms with E-state index in [9.17, 15) is 14.0 Å². The van der Waals surface area contributed by atoms with Crippen LogP contribution >= 0.6 is 0 Å². The van der Waals surface area contributed by atoms with E-state index in [1.165, 1.54) is 0 Å². The molecule has 212 valence electrons. The van der Waals surface area contributed by atoms with Gasteiger partial charge >= 0.3 is 0 Å². The number of likely N-dealkylation sites (tertiary alicyclic amines) is 1. The summed E-state index contributed by atoms with van der Waals surface area (Å²) in [7, 11) is 0. The minimum Gasteiger partial charge on any atom is -0.378 e. The fraction of sp³-hybridized carbons (Fsp3) is 0.778.